The molecule has 150 valence electrons. The molecular formula is C10H11F9O6. The van der Waals surface area contributed by atoms with Gasteiger partial charge in [0.1, 0.15) is 0 Å². The van der Waals surface area contributed by atoms with Crippen molar-refractivity contribution in [3.05, 3.63) is 0 Å². The quantitative estimate of drug-likeness (QED) is 0.527. The molecule has 0 aromatic rings. The standard InChI is InChI=1S/C5H4F6O3.C5H7F3O3/c1-13-3(12)14-4(8,2(6)7)5(9,10)11;1-2-10-4(9)11-3-5(6,7)8/h2H,1H3;2-3H2,1H3. The number of alkyl halides is 9. The molecule has 0 aromatic carbocycles. The summed E-state index contributed by atoms with van der Waals surface area (Å²) in [6.07, 6.45) is -18.6. The van der Waals surface area contributed by atoms with Gasteiger partial charge in [0, 0.05) is 0 Å². The summed E-state index contributed by atoms with van der Waals surface area (Å²) in [4.78, 5) is 20.2. The van der Waals surface area contributed by atoms with E-state index in [0.29, 0.717) is 7.11 Å². The number of halogens is 9. The highest BCUT2D eigenvalue weighted by molar-refractivity contribution is 5.60. The van der Waals surface area contributed by atoms with E-state index in [1.165, 1.54) is 6.92 Å². The lowest BCUT2D eigenvalue weighted by atomic mass is 10.3. The van der Waals surface area contributed by atoms with Crippen molar-refractivity contribution in [3.8, 4) is 0 Å². The first kappa shape index (κ1) is 25.2. The molecule has 0 heterocycles. The van der Waals surface area contributed by atoms with Crippen LogP contribution in [0.1, 0.15) is 6.92 Å². The largest absolute Gasteiger partial charge is 0.511 e. The van der Waals surface area contributed by atoms with Crippen LogP contribution in [-0.4, -0.2) is 57.3 Å². The van der Waals surface area contributed by atoms with Crippen molar-refractivity contribution in [2.24, 2.45) is 0 Å². The fourth-order valence-corrected chi connectivity index (χ4v) is 0.689. The number of carbonyl (C=O) groups excluding carboxylic acids is 2. The zero-order valence-corrected chi connectivity index (χ0v) is 12.3. The second kappa shape index (κ2) is 10.0. The van der Waals surface area contributed by atoms with E-state index >= 15 is 0 Å². The Morgan fingerprint density at radius 1 is 0.920 bits per heavy atom. The molecule has 0 spiro atoms. The molecule has 6 nitrogen and oxygen atoms in total. The number of methoxy groups -OCH3 is 1. The fraction of sp³-hybridized carbons (Fsp3) is 0.800. The number of carbonyl (C=O) groups is 2. The van der Waals surface area contributed by atoms with E-state index in [0.717, 1.165) is 0 Å². The normalized spacial score (nSPS) is 13.9. The van der Waals surface area contributed by atoms with Crippen molar-refractivity contribution < 1.29 is 68.1 Å². The van der Waals surface area contributed by atoms with Gasteiger partial charge in [-0.25, -0.2) is 18.4 Å². The van der Waals surface area contributed by atoms with E-state index in [-0.39, 0.29) is 6.61 Å². The van der Waals surface area contributed by atoms with Crippen LogP contribution < -0.4 is 0 Å². The van der Waals surface area contributed by atoms with E-state index < -0.39 is 43.6 Å². The van der Waals surface area contributed by atoms with Crippen LogP contribution in [0.4, 0.5) is 49.1 Å². The van der Waals surface area contributed by atoms with Crippen molar-refractivity contribution >= 4 is 12.3 Å². The number of hydrogen-bond acceptors (Lipinski definition) is 6. The lowest BCUT2D eigenvalue weighted by Gasteiger charge is -2.25. The summed E-state index contributed by atoms with van der Waals surface area (Å²) >= 11 is 0. The second-order valence-corrected chi connectivity index (χ2v) is 3.59. The van der Waals surface area contributed by atoms with Crippen LogP contribution >= 0.6 is 0 Å². The van der Waals surface area contributed by atoms with Crippen molar-refractivity contribution in [1.29, 1.82) is 0 Å². The molecule has 0 aliphatic rings. The Balaban J connectivity index is 0. The van der Waals surface area contributed by atoms with Gasteiger partial charge in [0.2, 0.25) is 0 Å². The molecule has 1 unspecified atom stereocenters. The third-order valence-corrected chi connectivity index (χ3v) is 1.68. The fourth-order valence-electron chi connectivity index (χ4n) is 0.689. The summed E-state index contributed by atoms with van der Waals surface area (Å²) in [7, 11) is 0.546. The maximum Gasteiger partial charge on any atom is 0.511 e. The highest BCUT2D eigenvalue weighted by Gasteiger charge is 2.67. The molecule has 15 heteroatoms. The van der Waals surface area contributed by atoms with Gasteiger partial charge in [-0.05, 0) is 6.92 Å². The molecule has 1 atom stereocenters. The molecule has 0 N–H and O–H groups in total. The topological polar surface area (TPSA) is 71.1 Å². The minimum atomic E-state index is -6.03. The predicted molar refractivity (Wildman–Crippen MR) is 58.4 cm³/mol. The Morgan fingerprint density at radius 3 is 1.68 bits per heavy atom. The zero-order valence-electron chi connectivity index (χ0n) is 12.3. The van der Waals surface area contributed by atoms with Crippen LogP contribution in [0.5, 0.6) is 0 Å². The Bertz CT molecular complexity index is 422. The second-order valence-electron chi connectivity index (χ2n) is 3.59. The minimum absolute atomic E-state index is 0.00328. The van der Waals surface area contributed by atoms with E-state index in [2.05, 4.69) is 18.9 Å². The third-order valence-electron chi connectivity index (χ3n) is 1.68. The van der Waals surface area contributed by atoms with Crippen molar-refractivity contribution in [1.82, 2.24) is 0 Å². The number of rotatable bonds is 4. The Morgan fingerprint density at radius 2 is 1.40 bits per heavy atom. The summed E-state index contributed by atoms with van der Waals surface area (Å²) in [6, 6.07) is 0. The molecule has 0 aliphatic carbocycles. The van der Waals surface area contributed by atoms with Crippen LogP contribution in [0.3, 0.4) is 0 Å². The van der Waals surface area contributed by atoms with Crippen LogP contribution in [0, 0.1) is 0 Å². The first-order valence-electron chi connectivity index (χ1n) is 5.77. The maximum absolute atomic E-state index is 12.5. The molecule has 0 rings (SSSR count). The first-order valence-corrected chi connectivity index (χ1v) is 5.77. The predicted octanol–water partition coefficient (Wildman–Crippen LogP) is 3.98. The van der Waals surface area contributed by atoms with Gasteiger partial charge in [0.25, 0.3) is 0 Å². The van der Waals surface area contributed by atoms with E-state index in [4.69, 9.17) is 0 Å². The lowest BCUT2D eigenvalue weighted by Crippen LogP contribution is -2.50. The molecule has 0 bridgehead atoms. The average Bonchev–Trinajstić information content (AvgIpc) is 2.43. The minimum Gasteiger partial charge on any atom is -0.438 e. The SMILES string of the molecule is CCOC(=O)OCC(F)(F)F.COC(=O)OC(F)(C(F)F)C(F)(F)F. The summed E-state index contributed by atoms with van der Waals surface area (Å²) in [5.41, 5.74) is 0. The number of ether oxygens (including phenoxy) is 4. The van der Waals surface area contributed by atoms with Gasteiger partial charge < -0.3 is 18.9 Å². The highest BCUT2D eigenvalue weighted by Crippen LogP contribution is 2.40. The monoisotopic (exact) mass is 398 g/mol. The molecule has 0 saturated carbocycles. The van der Waals surface area contributed by atoms with Gasteiger partial charge in [-0.2, -0.15) is 30.7 Å². The van der Waals surface area contributed by atoms with Gasteiger partial charge in [-0.1, -0.05) is 0 Å². The van der Waals surface area contributed by atoms with Gasteiger partial charge in [0.15, 0.2) is 6.61 Å². The third kappa shape index (κ3) is 10.4. The van der Waals surface area contributed by atoms with Crippen molar-refractivity contribution in [3.63, 3.8) is 0 Å². The Kier molecular flexibility index (Phi) is 10.1. The van der Waals surface area contributed by atoms with Crippen molar-refractivity contribution in [2.45, 2.75) is 31.6 Å². The molecule has 0 aromatic heterocycles. The average molecular weight is 398 g/mol. The van der Waals surface area contributed by atoms with E-state index in [9.17, 15) is 49.1 Å². The molecule has 25 heavy (non-hydrogen) atoms. The summed E-state index contributed by atoms with van der Waals surface area (Å²) < 4.78 is 119. The van der Waals surface area contributed by atoms with Gasteiger partial charge in [-0.15, -0.1) is 0 Å². The van der Waals surface area contributed by atoms with Crippen LogP contribution in [-0.2, 0) is 18.9 Å². The molecular weight excluding hydrogens is 387 g/mol. The summed E-state index contributed by atoms with van der Waals surface area (Å²) in [5, 5.41) is 0. The first-order chi connectivity index (χ1) is 11.1. The lowest BCUT2D eigenvalue weighted by molar-refractivity contribution is -0.353. The molecule has 0 fully saturated rings. The molecule has 0 radical (unpaired) electrons. The van der Waals surface area contributed by atoms with E-state index in [1.54, 1.807) is 0 Å². The highest BCUT2D eigenvalue weighted by atomic mass is 19.4. The van der Waals surface area contributed by atoms with Crippen LogP contribution in [0.25, 0.3) is 0 Å². The smallest absolute Gasteiger partial charge is 0.438 e. The zero-order chi connectivity index (χ0) is 20.5. The van der Waals surface area contributed by atoms with E-state index in [1.807, 2.05) is 0 Å². The molecule has 0 aliphatic heterocycles. The van der Waals surface area contributed by atoms with Gasteiger partial charge in [-0.3, -0.25) is 0 Å². The van der Waals surface area contributed by atoms with Crippen LogP contribution in [0.2, 0.25) is 0 Å². The molecule has 0 saturated heterocycles. The Labute approximate surface area is 133 Å². The van der Waals surface area contributed by atoms with Crippen LogP contribution in [0.15, 0.2) is 0 Å². The van der Waals surface area contributed by atoms with Gasteiger partial charge >= 0.3 is 36.9 Å². The summed E-state index contributed by atoms with van der Waals surface area (Å²) in [5.74, 6) is -5.35. The Hall–Kier alpha value is -2.09. The maximum atomic E-state index is 12.5. The number of hydrogen-bond donors (Lipinski definition) is 0. The summed E-state index contributed by atoms with van der Waals surface area (Å²) in [6.45, 7) is -0.141. The molecule has 0 amide bonds. The van der Waals surface area contributed by atoms with Crippen molar-refractivity contribution in [2.75, 3.05) is 20.3 Å². The van der Waals surface area contributed by atoms with Gasteiger partial charge in [0.05, 0.1) is 13.7 Å².